The van der Waals surface area contributed by atoms with Crippen LogP contribution in [-0.2, 0) is 17.6 Å². The molecule has 2 amide bonds. The van der Waals surface area contributed by atoms with Gasteiger partial charge in [-0.15, -0.1) is 0 Å². The summed E-state index contributed by atoms with van der Waals surface area (Å²) in [6.45, 7) is 6.61. The number of aryl methyl sites for hydroxylation is 2. The molecule has 2 fully saturated rings. The number of amides is 2. The predicted molar refractivity (Wildman–Crippen MR) is 117 cm³/mol. The molecular weight excluding hydrogens is 376 g/mol. The lowest BCUT2D eigenvalue weighted by Gasteiger charge is -2.35. The Kier molecular flexibility index (Phi) is 6.30. The van der Waals surface area contributed by atoms with Gasteiger partial charge in [0.05, 0.1) is 22.4 Å². The van der Waals surface area contributed by atoms with Crippen LogP contribution in [0.25, 0.3) is 11.0 Å². The number of hydrogen-bond acceptors (Lipinski definition) is 4. The van der Waals surface area contributed by atoms with Crippen molar-refractivity contribution in [1.29, 1.82) is 0 Å². The lowest BCUT2D eigenvalue weighted by Crippen LogP contribution is -2.50. The van der Waals surface area contributed by atoms with Gasteiger partial charge in [0.25, 0.3) is 5.91 Å². The van der Waals surface area contributed by atoms with Crippen LogP contribution in [0.4, 0.5) is 0 Å². The molecule has 6 heteroatoms. The Hall–Kier alpha value is -2.50. The van der Waals surface area contributed by atoms with Crippen molar-refractivity contribution >= 4 is 22.8 Å². The van der Waals surface area contributed by atoms with Crippen molar-refractivity contribution < 1.29 is 9.59 Å². The van der Waals surface area contributed by atoms with Crippen LogP contribution >= 0.6 is 0 Å². The molecule has 1 aromatic carbocycles. The van der Waals surface area contributed by atoms with Crippen LogP contribution in [0.5, 0.6) is 0 Å². The van der Waals surface area contributed by atoms with Crippen molar-refractivity contribution in [3.8, 4) is 0 Å². The highest BCUT2D eigenvalue weighted by Gasteiger charge is 2.27. The summed E-state index contributed by atoms with van der Waals surface area (Å²) in [7, 11) is 0. The van der Waals surface area contributed by atoms with E-state index in [4.69, 9.17) is 9.97 Å². The van der Waals surface area contributed by atoms with Crippen molar-refractivity contribution in [3.05, 3.63) is 35.2 Å². The smallest absolute Gasteiger partial charge is 0.254 e. The topological polar surface area (TPSA) is 66.4 Å². The summed E-state index contributed by atoms with van der Waals surface area (Å²) < 4.78 is 0. The SMILES string of the molecule is CCc1nc2ccc(C(=O)N3CCN(C(=O)CC4CCCC4)CC3)cc2nc1CC. The van der Waals surface area contributed by atoms with Gasteiger partial charge in [0.2, 0.25) is 5.91 Å². The van der Waals surface area contributed by atoms with Gasteiger partial charge in [-0.3, -0.25) is 9.59 Å². The summed E-state index contributed by atoms with van der Waals surface area (Å²) >= 11 is 0. The van der Waals surface area contributed by atoms with Gasteiger partial charge in [0.15, 0.2) is 0 Å². The van der Waals surface area contributed by atoms with E-state index >= 15 is 0 Å². The zero-order valence-corrected chi connectivity index (χ0v) is 18.2. The van der Waals surface area contributed by atoms with Crippen LogP contribution in [0.1, 0.15) is 67.7 Å². The van der Waals surface area contributed by atoms with E-state index in [0.29, 0.717) is 44.1 Å². The molecule has 1 saturated heterocycles. The van der Waals surface area contributed by atoms with Crippen molar-refractivity contribution in [3.63, 3.8) is 0 Å². The summed E-state index contributed by atoms with van der Waals surface area (Å²) in [6.07, 6.45) is 7.27. The van der Waals surface area contributed by atoms with Crippen molar-refractivity contribution in [2.45, 2.75) is 58.8 Å². The minimum absolute atomic E-state index is 0.0132. The summed E-state index contributed by atoms with van der Waals surface area (Å²) in [4.78, 5) is 38.9. The molecule has 0 N–H and O–H groups in total. The third-order valence-corrected chi connectivity index (χ3v) is 6.59. The van der Waals surface area contributed by atoms with E-state index in [9.17, 15) is 9.59 Å². The summed E-state index contributed by atoms with van der Waals surface area (Å²) in [6, 6.07) is 5.61. The van der Waals surface area contributed by atoms with E-state index in [2.05, 4.69) is 13.8 Å². The average Bonchev–Trinajstić information content (AvgIpc) is 3.30. The largest absolute Gasteiger partial charge is 0.339 e. The number of nitrogens with zero attached hydrogens (tertiary/aromatic N) is 4. The summed E-state index contributed by atoms with van der Waals surface area (Å²) in [5.74, 6) is 0.838. The highest BCUT2D eigenvalue weighted by Crippen LogP contribution is 2.28. The normalized spacial score (nSPS) is 17.7. The van der Waals surface area contributed by atoms with E-state index in [-0.39, 0.29) is 11.8 Å². The van der Waals surface area contributed by atoms with Crippen LogP contribution in [-0.4, -0.2) is 57.8 Å². The van der Waals surface area contributed by atoms with Gasteiger partial charge in [0, 0.05) is 38.2 Å². The first kappa shape index (κ1) is 20.8. The number of aromatic nitrogens is 2. The summed E-state index contributed by atoms with van der Waals surface area (Å²) in [5.41, 5.74) is 4.29. The molecule has 1 aliphatic heterocycles. The molecule has 0 atom stereocenters. The fourth-order valence-electron chi connectivity index (χ4n) is 4.76. The number of fused-ring (bicyclic) bond motifs is 1. The van der Waals surface area contributed by atoms with E-state index < -0.39 is 0 Å². The first-order valence-electron chi connectivity index (χ1n) is 11.5. The standard InChI is InChI=1S/C24H32N4O2/c1-3-19-20(4-2)26-22-16-18(9-10-21(22)25-19)24(30)28-13-11-27(12-14-28)23(29)15-17-7-5-6-8-17/h9-10,16-17H,3-8,11-15H2,1-2H3. The molecule has 30 heavy (non-hydrogen) atoms. The van der Waals surface area contributed by atoms with E-state index in [0.717, 1.165) is 35.3 Å². The highest BCUT2D eigenvalue weighted by atomic mass is 16.2. The number of carbonyl (C=O) groups is 2. The molecule has 0 bridgehead atoms. The zero-order chi connectivity index (χ0) is 21.1. The van der Waals surface area contributed by atoms with E-state index in [1.807, 2.05) is 28.0 Å². The Labute approximate surface area is 178 Å². The van der Waals surface area contributed by atoms with Crippen LogP contribution in [0.3, 0.4) is 0 Å². The first-order chi connectivity index (χ1) is 14.6. The summed E-state index contributed by atoms with van der Waals surface area (Å²) in [5, 5.41) is 0. The van der Waals surface area contributed by atoms with E-state index in [1.165, 1.54) is 25.7 Å². The second kappa shape index (κ2) is 9.11. The minimum atomic E-state index is 0.0132. The van der Waals surface area contributed by atoms with Gasteiger partial charge < -0.3 is 9.80 Å². The molecule has 1 saturated carbocycles. The molecule has 1 aromatic heterocycles. The molecule has 2 aromatic rings. The molecule has 4 rings (SSSR count). The highest BCUT2D eigenvalue weighted by molar-refractivity contribution is 5.97. The molecule has 2 aliphatic rings. The van der Waals surface area contributed by atoms with Crippen molar-refractivity contribution in [2.24, 2.45) is 5.92 Å². The Bertz CT molecular complexity index is 928. The fourth-order valence-corrected chi connectivity index (χ4v) is 4.76. The van der Waals surface area contributed by atoms with Gasteiger partial charge in [-0.1, -0.05) is 26.7 Å². The zero-order valence-electron chi connectivity index (χ0n) is 18.2. The number of carbonyl (C=O) groups excluding carboxylic acids is 2. The maximum Gasteiger partial charge on any atom is 0.254 e. The number of rotatable bonds is 5. The van der Waals surface area contributed by atoms with Crippen LogP contribution in [0.2, 0.25) is 0 Å². The van der Waals surface area contributed by atoms with Gasteiger partial charge in [-0.05, 0) is 49.8 Å². The Morgan fingerprint density at radius 3 is 2.13 bits per heavy atom. The molecule has 0 spiro atoms. The Morgan fingerprint density at radius 2 is 1.50 bits per heavy atom. The van der Waals surface area contributed by atoms with Crippen LogP contribution in [0, 0.1) is 5.92 Å². The molecule has 0 radical (unpaired) electrons. The average molecular weight is 409 g/mol. The molecule has 160 valence electrons. The van der Waals surface area contributed by atoms with Crippen LogP contribution < -0.4 is 0 Å². The van der Waals surface area contributed by atoms with Crippen LogP contribution in [0.15, 0.2) is 18.2 Å². The number of piperazine rings is 1. The monoisotopic (exact) mass is 408 g/mol. The van der Waals surface area contributed by atoms with E-state index in [1.54, 1.807) is 0 Å². The lowest BCUT2D eigenvalue weighted by atomic mass is 10.0. The molecule has 1 aliphatic carbocycles. The van der Waals surface area contributed by atoms with Crippen molar-refractivity contribution in [2.75, 3.05) is 26.2 Å². The maximum atomic E-state index is 13.1. The minimum Gasteiger partial charge on any atom is -0.339 e. The lowest BCUT2D eigenvalue weighted by molar-refractivity contribution is -0.133. The van der Waals surface area contributed by atoms with Gasteiger partial charge in [-0.2, -0.15) is 0 Å². The molecule has 2 heterocycles. The third kappa shape index (κ3) is 4.32. The fraction of sp³-hybridized carbons (Fsp3) is 0.583. The first-order valence-corrected chi connectivity index (χ1v) is 11.5. The second-order valence-electron chi connectivity index (χ2n) is 8.56. The molecule has 0 unspecified atom stereocenters. The second-order valence-corrected chi connectivity index (χ2v) is 8.56. The van der Waals surface area contributed by atoms with Gasteiger partial charge in [-0.25, -0.2) is 9.97 Å². The van der Waals surface area contributed by atoms with Gasteiger partial charge in [0.1, 0.15) is 0 Å². The third-order valence-electron chi connectivity index (χ3n) is 6.59. The predicted octanol–water partition coefficient (Wildman–Crippen LogP) is 3.62. The maximum absolute atomic E-state index is 13.1. The molecular formula is C24H32N4O2. The van der Waals surface area contributed by atoms with Gasteiger partial charge >= 0.3 is 0 Å². The number of benzene rings is 1. The van der Waals surface area contributed by atoms with Crippen molar-refractivity contribution in [1.82, 2.24) is 19.8 Å². The Morgan fingerprint density at radius 1 is 0.900 bits per heavy atom. The quantitative estimate of drug-likeness (QED) is 0.758. The number of hydrogen-bond donors (Lipinski definition) is 0. The molecule has 6 nitrogen and oxygen atoms in total. The Balaban J connectivity index is 1.41.